The van der Waals surface area contributed by atoms with E-state index in [4.69, 9.17) is 0 Å². The van der Waals surface area contributed by atoms with Gasteiger partial charge < -0.3 is 0 Å². The number of nitrogens with zero attached hydrogens (tertiary/aromatic N) is 3. The topological polar surface area (TPSA) is 47.2 Å². The van der Waals surface area contributed by atoms with Crippen molar-refractivity contribution in [3.8, 4) is 16.9 Å². The van der Waals surface area contributed by atoms with E-state index in [1.807, 2.05) is 56.5 Å². The zero-order valence-corrected chi connectivity index (χ0v) is 16.2. The van der Waals surface area contributed by atoms with Crippen LogP contribution in [-0.4, -0.2) is 22.0 Å². The molecule has 144 valence electrons. The lowest BCUT2D eigenvalue weighted by molar-refractivity contribution is 0.607. The van der Waals surface area contributed by atoms with Gasteiger partial charge in [0.15, 0.2) is 0 Å². The lowest BCUT2D eigenvalue weighted by atomic mass is 10.0. The fraction of sp³-hybridized carbons (Fsp3) is 0.125. The third-order valence-electron chi connectivity index (χ3n) is 4.57. The van der Waals surface area contributed by atoms with E-state index in [-0.39, 0.29) is 17.3 Å². The highest BCUT2D eigenvalue weighted by Gasteiger charge is 2.15. The number of rotatable bonds is 4. The summed E-state index contributed by atoms with van der Waals surface area (Å²) in [5.41, 5.74) is 2.15. The molecule has 0 saturated heterocycles. The second-order valence-electron chi connectivity index (χ2n) is 7.06. The number of aromatic nitrogens is 2. The molecular formula is C24H20FN3O. The lowest BCUT2D eigenvalue weighted by Gasteiger charge is -2.12. The summed E-state index contributed by atoms with van der Waals surface area (Å²) in [4.78, 5) is 17.5. The van der Waals surface area contributed by atoms with E-state index in [9.17, 15) is 9.18 Å². The van der Waals surface area contributed by atoms with Crippen LogP contribution in [0.2, 0.25) is 0 Å². The Morgan fingerprint density at radius 3 is 2.45 bits per heavy atom. The largest absolute Gasteiger partial charge is 0.290 e. The van der Waals surface area contributed by atoms with Gasteiger partial charge in [-0.3, -0.25) is 9.79 Å². The molecule has 0 spiro atoms. The number of hydrogen-bond donors (Lipinski definition) is 0. The van der Waals surface area contributed by atoms with Crippen molar-refractivity contribution in [1.29, 1.82) is 0 Å². The maximum atomic E-state index is 14.4. The van der Waals surface area contributed by atoms with Gasteiger partial charge >= 0.3 is 0 Å². The van der Waals surface area contributed by atoms with Crippen LogP contribution in [0.4, 0.5) is 4.39 Å². The van der Waals surface area contributed by atoms with Crippen molar-refractivity contribution in [1.82, 2.24) is 9.78 Å². The van der Waals surface area contributed by atoms with Crippen molar-refractivity contribution in [2.24, 2.45) is 4.99 Å². The molecule has 0 amide bonds. The number of benzene rings is 3. The van der Waals surface area contributed by atoms with Crippen molar-refractivity contribution >= 4 is 17.0 Å². The highest BCUT2D eigenvalue weighted by molar-refractivity contribution is 5.95. The molecule has 0 bridgehead atoms. The van der Waals surface area contributed by atoms with Gasteiger partial charge in [0, 0.05) is 23.2 Å². The zero-order valence-electron chi connectivity index (χ0n) is 16.2. The minimum absolute atomic E-state index is 0.127. The average Bonchev–Trinajstić information content (AvgIpc) is 2.74. The van der Waals surface area contributed by atoms with Gasteiger partial charge in [0.05, 0.1) is 11.1 Å². The summed E-state index contributed by atoms with van der Waals surface area (Å²) in [6.07, 6.45) is 1.82. The summed E-state index contributed by atoms with van der Waals surface area (Å²) in [6.45, 7) is 4.03. The molecular weight excluding hydrogens is 365 g/mol. The van der Waals surface area contributed by atoms with Crippen LogP contribution in [0.5, 0.6) is 0 Å². The molecule has 0 aliphatic carbocycles. The highest BCUT2D eigenvalue weighted by Crippen LogP contribution is 2.26. The van der Waals surface area contributed by atoms with Gasteiger partial charge in [0.25, 0.3) is 5.56 Å². The fourth-order valence-electron chi connectivity index (χ4n) is 3.19. The van der Waals surface area contributed by atoms with Crippen LogP contribution in [0.15, 0.2) is 82.6 Å². The lowest BCUT2D eigenvalue weighted by Crippen LogP contribution is -2.23. The van der Waals surface area contributed by atoms with E-state index in [1.54, 1.807) is 30.3 Å². The molecule has 0 N–H and O–H groups in total. The first-order valence-corrected chi connectivity index (χ1v) is 9.45. The fourth-order valence-corrected chi connectivity index (χ4v) is 3.19. The molecule has 1 heterocycles. The van der Waals surface area contributed by atoms with E-state index in [0.29, 0.717) is 11.1 Å². The Kier molecular flexibility index (Phi) is 5.04. The minimum atomic E-state index is -0.499. The Labute approximate surface area is 168 Å². The van der Waals surface area contributed by atoms with Gasteiger partial charge in [-0.25, -0.2) is 4.39 Å². The Balaban J connectivity index is 1.98. The summed E-state index contributed by atoms with van der Waals surface area (Å²) in [6, 6.07) is 21.4. The molecule has 0 aliphatic rings. The molecule has 0 aliphatic heterocycles. The summed E-state index contributed by atoms with van der Waals surface area (Å²) in [5, 5.41) is 5.77. The molecule has 4 nitrogen and oxygen atoms in total. The molecule has 4 rings (SSSR count). The van der Waals surface area contributed by atoms with Crippen LogP contribution in [0, 0.1) is 5.82 Å². The number of halogens is 1. The second kappa shape index (κ2) is 7.80. The predicted molar refractivity (Wildman–Crippen MR) is 115 cm³/mol. The van der Waals surface area contributed by atoms with Crippen molar-refractivity contribution in [2.45, 2.75) is 19.9 Å². The summed E-state index contributed by atoms with van der Waals surface area (Å²) >= 11 is 0. The van der Waals surface area contributed by atoms with Gasteiger partial charge in [0.2, 0.25) is 0 Å². The summed E-state index contributed by atoms with van der Waals surface area (Å²) < 4.78 is 15.6. The van der Waals surface area contributed by atoms with E-state index in [2.05, 4.69) is 10.1 Å². The van der Waals surface area contributed by atoms with Crippen LogP contribution in [-0.2, 0) is 0 Å². The molecule has 5 heteroatoms. The molecule has 0 saturated carbocycles. The number of para-hydroxylation sites is 1. The number of fused-ring (bicyclic) bond motifs is 1. The van der Waals surface area contributed by atoms with Gasteiger partial charge in [-0.2, -0.15) is 9.78 Å². The summed E-state index contributed by atoms with van der Waals surface area (Å²) in [5.74, 6) is -0.499. The Bertz CT molecular complexity index is 1270. The molecule has 29 heavy (non-hydrogen) atoms. The first-order valence-electron chi connectivity index (χ1n) is 9.45. The molecule has 4 aromatic rings. The molecule has 1 aromatic heterocycles. The maximum absolute atomic E-state index is 14.4. The third-order valence-corrected chi connectivity index (χ3v) is 4.57. The third kappa shape index (κ3) is 3.72. The quantitative estimate of drug-likeness (QED) is 0.463. The maximum Gasteiger partial charge on any atom is 0.279 e. The van der Waals surface area contributed by atoms with E-state index in [1.165, 1.54) is 6.07 Å². The zero-order chi connectivity index (χ0) is 20.4. The van der Waals surface area contributed by atoms with Crippen LogP contribution in [0.1, 0.15) is 19.4 Å². The molecule has 0 unspecified atom stereocenters. The second-order valence-corrected chi connectivity index (χ2v) is 7.06. The van der Waals surface area contributed by atoms with E-state index < -0.39 is 5.82 Å². The standard InChI is InChI=1S/C24H20FN3O/c1-16(2)26-15-17-8-7-9-18(14-17)23-19-10-3-4-11-20(19)24(29)28(27-23)22-13-6-5-12-21(22)25/h3-16H,1-2H3. The molecule has 3 aromatic carbocycles. The van der Waals surface area contributed by atoms with Crippen molar-refractivity contribution in [3.63, 3.8) is 0 Å². The average molecular weight is 385 g/mol. The molecule has 0 fully saturated rings. The van der Waals surface area contributed by atoms with Crippen LogP contribution < -0.4 is 5.56 Å². The number of hydrogen-bond acceptors (Lipinski definition) is 3. The van der Waals surface area contributed by atoms with Crippen molar-refractivity contribution in [2.75, 3.05) is 0 Å². The minimum Gasteiger partial charge on any atom is -0.290 e. The van der Waals surface area contributed by atoms with Gasteiger partial charge in [-0.15, -0.1) is 0 Å². The number of aliphatic imine (C=N–C) groups is 1. The normalized spacial score (nSPS) is 11.6. The van der Waals surface area contributed by atoms with E-state index in [0.717, 1.165) is 21.2 Å². The van der Waals surface area contributed by atoms with Crippen molar-refractivity contribution < 1.29 is 4.39 Å². The Hall–Kier alpha value is -3.60. The molecule has 0 radical (unpaired) electrons. The van der Waals surface area contributed by atoms with Crippen LogP contribution >= 0.6 is 0 Å². The Morgan fingerprint density at radius 1 is 0.966 bits per heavy atom. The molecule has 0 atom stereocenters. The van der Waals surface area contributed by atoms with Crippen LogP contribution in [0.3, 0.4) is 0 Å². The van der Waals surface area contributed by atoms with Gasteiger partial charge in [-0.05, 0) is 43.7 Å². The first kappa shape index (κ1) is 18.7. The smallest absolute Gasteiger partial charge is 0.279 e. The van der Waals surface area contributed by atoms with Crippen LogP contribution in [0.25, 0.3) is 27.7 Å². The highest BCUT2D eigenvalue weighted by atomic mass is 19.1. The summed E-state index contributed by atoms with van der Waals surface area (Å²) in [7, 11) is 0. The predicted octanol–water partition coefficient (Wildman–Crippen LogP) is 5.02. The Morgan fingerprint density at radius 2 is 1.69 bits per heavy atom. The SMILES string of the molecule is CC(C)N=Cc1cccc(-c2nn(-c3ccccc3F)c(=O)c3ccccc23)c1. The van der Waals surface area contributed by atoms with Gasteiger partial charge in [-0.1, -0.05) is 48.5 Å². The van der Waals surface area contributed by atoms with E-state index >= 15 is 0 Å². The van der Waals surface area contributed by atoms with Crippen molar-refractivity contribution in [3.05, 3.63) is 94.5 Å². The first-order chi connectivity index (χ1) is 14.0. The van der Waals surface area contributed by atoms with Gasteiger partial charge in [0.1, 0.15) is 11.5 Å². The monoisotopic (exact) mass is 385 g/mol.